The molecule has 1 aliphatic heterocycles. The predicted molar refractivity (Wildman–Crippen MR) is 117 cm³/mol. The fourth-order valence-corrected chi connectivity index (χ4v) is 3.89. The van der Waals surface area contributed by atoms with Crippen molar-refractivity contribution in [3.8, 4) is 6.07 Å². The highest BCUT2D eigenvalue weighted by Gasteiger charge is 2.39. The number of hydrogen-bond acceptors (Lipinski definition) is 5. The van der Waals surface area contributed by atoms with Gasteiger partial charge < -0.3 is 20.1 Å². The van der Waals surface area contributed by atoms with Crippen LogP contribution in [0.5, 0.6) is 0 Å². The van der Waals surface area contributed by atoms with Crippen molar-refractivity contribution in [2.75, 3.05) is 25.5 Å². The van der Waals surface area contributed by atoms with Gasteiger partial charge >= 0.3 is 0 Å². The van der Waals surface area contributed by atoms with Gasteiger partial charge in [-0.05, 0) is 18.6 Å². The van der Waals surface area contributed by atoms with Crippen LogP contribution in [0.15, 0.2) is 36.4 Å². The van der Waals surface area contributed by atoms with Crippen LogP contribution in [0.2, 0.25) is 0 Å². The Bertz CT molecular complexity index is 1350. The Hall–Kier alpha value is -4.40. The van der Waals surface area contributed by atoms with Crippen molar-refractivity contribution >= 4 is 34.4 Å². The number of carbonyl (C=O) groups is 3. The lowest BCUT2D eigenvalue weighted by Crippen LogP contribution is -2.43. The molecule has 2 unspecified atom stereocenters. The third-order valence-corrected chi connectivity index (χ3v) is 5.72. The molecule has 3 amide bonds. The van der Waals surface area contributed by atoms with Gasteiger partial charge in [-0.25, -0.2) is 18.2 Å². The number of imidazole rings is 1. The number of halogens is 3. The van der Waals surface area contributed by atoms with Crippen molar-refractivity contribution in [3.63, 3.8) is 0 Å². The normalized spacial score (nSPS) is 17.3. The van der Waals surface area contributed by atoms with E-state index >= 15 is 0 Å². The van der Waals surface area contributed by atoms with Crippen LogP contribution in [0.1, 0.15) is 17.0 Å². The maximum atomic E-state index is 13.9. The average Bonchev–Trinajstić information content (AvgIpc) is 3.47. The molecule has 0 saturated carbocycles. The highest BCUT2D eigenvalue weighted by atomic mass is 19.2. The molecule has 2 N–H and O–H groups in total. The molecular formula is C23H19F3N6O3. The number of nitriles is 1. The molecule has 1 aromatic heterocycles. The molecule has 2 aromatic carbocycles. The van der Waals surface area contributed by atoms with E-state index in [9.17, 15) is 32.8 Å². The summed E-state index contributed by atoms with van der Waals surface area (Å²) < 4.78 is 40.8. The van der Waals surface area contributed by atoms with Gasteiger partial charge in [0.1, 0.15) is 11.6 Å². The van der Waals surface area contributed by atoms with Crippen LogP contribution in [0.3, 0.4) is 0 Å². The van der Waals surface area contributed by atoms with Crippen molar-refractivity contribution in [2.45, 2.75) is 12.5 Å². The Morgan fingerprint density at radius 1 is 1.23 bits per heavy atom. The number of likely N-dealkylation sites (N-methyl/N-ethyl adjacent to an activating group) is 1. The van der Waals surface area contributed by atoms with E-state index in [4.69, 9.17) is 0 Å². The first-order valence-corrected chi connectivity index (χ1v) is 10.5. The van der Waals surface area contributed by atoms with Crippen LogP contribution in [0, 0.1) is 34.7 Å². The van der Waals surface area contributed by atoms with Crippen molar-refractivity contribution < 1.29 is 27.6 Å². The van der Waals surface area contributed by atoms with Gasteiger partial charge in [-0.3, -0.25) is 14.4 Å². The monoisotopic (exact) mass is 484 g/mol. The number of likely N-dealkylation sites (tertiary alicyclic amines) is 1. The van der Waals surface area contributed by atoms with Gasteiger partial charge in [-0.1, -0.05) is 18.2 Å². The fraction of sp³-hybridized carbons (Fsp3) is 0.261. The number of para-hydroxylation sites is 1. The number of benzene rings is 2. The molecule has 1 aliphatic rings. The molecule has 2 atom stereocenters. The number of aromatic amines is 1. The zero-order chi connectivity index (χ0) is 25.3. The number of H-pyrrole nitrogens is 1. The summed E-state index contributed by atoms with van der Waals surface area (Å²) in [4.78, 5) is 46.5. The topological polar surface area (TPSA) is 122 Å². The summed E-state index contributed by atoms with van der Waals surface area (Å²) in [7, 11) is 1.28. The molecule has 0 radical (unpaired) electrons. The van der Waals surface area contributed by atoms with Crippen LogP contribution in [-0.2, 0) is 9.59 Å². The second-order valence-corrected chi connectivity index (χ2v) is 8.11. The molecule has 180 valence electrons. The van der Waals surface area contributed by atoms with E-state index in [0.717, 1.165) is 4.90 Å². The molecular weight excluding hydrogens is 465 g/mol. The molecule has 1 saturated heterocycles. The largest absolute Gasteiger partial charge is 0.334 e. The molecule has 1 fully saturated rings. The maximum absolute atomic E-state index is 13.9. The quantitative estimate of drug-likeness (QED) is 0.539. The molecule has 12 heteroatoms. The Labute approximate surface area is 197 Å². The van der Waals surface area contributed by atoms with E-state index < -0.39 is 59.1 Å². The highest BCUT2D eigenvalue weighted by Crippen LogP contribution is 2.25. The second-order valence-electron chi connectivity index (χ2n) is 8.11. The van der Waals surface area contributed by atoms with Crippen molar-refractivity contribution in [1.82, 2.24) is 19.8 Å². The lowest BCUT2D eigenvalue weighted by atomic mass is 10.1. The van der Waals surface area contributed by atoms with Gasteiger partial charge in [-0.2, -0.15) is 5.26 Å². The number of aromatic nitrogens is 2. The summed E-state index contributed by atoms with van der Waals surface area (Å²) in [6, 6.07) is 10.6. The number of nitrogens with one attached hydrogen (secondary N) is 2. The molecule has 0 aliphatic carbocycles. The maximum Gasteiger partial charge on any atom is 0.289 e. The minimum Gasteiger partial charge on any atom is -0.334 e. The Kier molecular flexibility index (Phi) is 6.42. The summed E-state index contributed by atoms with van der Waals surface area (Å²) in [5.74, 6) is -7.48. The summed E-state index contributed by atoms with van der Waals surface area (Å²) in [5.41, 5.74) is -0.188. The molecule has 0 spiro atoms. The minimum absolute atomic E-state index is 0.00778. The van der Waals surface area contributed by atoms with Crippen LogP contribution in [0.4, 0.5) is 18.9 Å². The molecule has 35 heavy (non-hydrogen) atoms. The lowest BCUT2D eigenvalue weighted by molar-refractivity contribution is -0.131. The van der Waals surface area contributed by atoms with Gasteiger partial charge in [0.15, 0.2) is 23.3 Å². The zero-order valence-electron chi connectivity index (χ0n) is 18.4. The summed E-state index contributed by atoms with van der Waals surface area (Å²) >= 11 is 0. The number of amides is 3. The SMILES string of the molecule is CN(CC(=O)N1CC(C(=O)Nc2ccccc2)CC1C#N)C(=O)c1nc2c(F)c(F)c(F)cc2[nH]1. The molecule has 4 rings (SSSR count). The first kappa shape index (κ1) is 23.7. The molecule has 9 nitrogen and oxygen atoms in total. The van der Waals surface area contributed by atoms with Crippen LogP contribution >= 0.6 is 0 Å². The predicted octanol–water partition coefficient (Wildman–Crippen LogP) is 2.43. The Morgan fingerprint density at radius 2 is 1.94 bits per heavy atom. The Morgan fingerprint density at radius 3 is 2.63 bits per heavy atom. The number of rotatable bonds is 5. The van der Waals surface area contributed by atoms with Gasteiger partial charge in [-0.15, -0.1) is 0 Å². The second kappa shape index (κ2) is 9.46. The first-order valence-electron chi connectivity index (χ1n) is 10.5. The van der Waals surface area contributed by atoms with Crippen molar-refractivity contribution in [2.24, 2.45) is 5.92 Å². The van der Waals surface area contributed by atoms with Crippen LogP contribution in [0.25, 0.3) is 11.0 Å². The van der Waals surface area contributed by atoms with Gasteiger partial charge in [0.25, 0.3) is 5.91 Å². The van der Waals surface area contributed by atoms with Crippen molar-refractivity contribution in [3.05, 3.63) is 59.7 Å². The zero-order valence-corrected chi connectivity index (χ0v) is 18.4. The third kappa shape index (κ3) is 4.65. The number of anilines is 1. The number of fused-ring (bicyclic) bond motifs is 1. The third-order valence-electron chi connectivity index (χ3n) is 5.72. The number of carbonyl (C=O) groups excluding carboxylic acids is 3. The first-order chi connectivity index (χ1) is 16.7. The van der Waals surface area contributed by atoms with Crippen molar-refractivity contribution in [1.29, 1.82) is 5.26 Å². The van der Waals surface area contributed by atoms with E-state index in [1.807, 2.05) is 6.07 Å². The highest BCUT2D eigenvalue weighted by molar-refractivity contribution is 5.97. The number of hydrogen-bond donors (Lipinski definition) is 2. The summed E-state index contributed by atoms with van der Waals surface area (Å²) in [6.45, 7) is -0.474. The van der Waals surface area contributed by atoms with Gasteiger partial charge in [0.05, 0.1) is 24.0 Å². The molecule has 3 aromatic rings. The fourth-order valence-electron chi connectivity index (χ4n) is 3.89. The smallest absolute Gasteiger partial charge is 0.289 e. The summed E-state index contributed by atoms with van der Waals surface area (Å²) in [5, 5.41) is 12.2. The minimum atomic E-state index is -1.71. The van der Waals surface area contributed by atoms with Gasteiger partial charge in [0, 0.05) is 25.3 Å². The summed E-state index contributed by atoms with van der Waals surface area (Å²) in [6.07, 6.45) is 0.137. The van der Waals surface area contributed by atoms with E-state index in [0.29, 0.717) is 11.8 Å². The van der Waals surface area contributed by atoms with Crippen LogP contribution in [-0.4, -0.2) is 63.7 Å². The van der Waals surface area contributed by atoms with E-state index in [-0.39, 0.29) is 24.4 Å². The van der Waals surface area contributed by atoms with Crippen LogP contribution < -0.4 is 5.32 Å². The number of nitrogens with zero attached hydrogens (tertiary/aromatic N) is 4. The van der Waals surface area contributed by atoms with E-state index in [2.05, 4.69) is 15.3 Å². The molecule has 0 bridgehead atoms. The van der Waals surface area contributed by atoms with E-state index in [1.54, 1.807) is 30.3 Å². The lowest BCUT2D eigenvalue weighted by Gasteiger charge is -2.23. The van der Waals surface area contributed by atoms with Gasteiger partial charge in [0.2, 0.25) is 11.8 Å². The van der Waals surface area contributed by atoms with E-state index in [1.165, 1.54) is 11.9 Å². The standard InChI is InChI=1S/C23H19F3N6O3/c1-31(23(35)21-29-16-8-15(24)18(25)19(26)20(16)30-21)11-17(33)32-10-12(7-14(32)9-27)22(34)28-13-5-3-2-4-6-13/h2-6,8,12,14H,7,10-11H2,1H3,(H,28,34)(H,29,30). The Balaban J connectivity index is 1.43. The average molecular weight is 484 g/mol. The molecule has 2 heterocycles.